The summed E-state index contributed by atoms with van der Waals surface area (Å²) in [4.78, 5) is 12.7. The highest BCUT2D eigenvalue weighted by molar-refractivity contribution is 5.79. The molecule has 3 rings (SSSR count). The van der Waals surface area contributed by atoms with Crippen molar-refractivity contribution >= 4 is 10.9 Å². The van der Waals surface area contributed by atoms with Crippen LogP contribution >= 0.6 is 0 Å². The molecule has 2 aromatic heterocycles. The van der Waals surface area contributed by atoms with Gasteiger partial charge in [-0.2, -0.15) is 0 Å². The van der Waals surface area contributed by atoms with E-state index in [1.165, 1.54) is 19.5 Å². The predicted molar refractivity (Wildman–Crippen MR) is 79.1 cm³/mol. The van der Waals surface area contributed by atoms with Gasteiger partial charge in [-0.3, -0.25) is 9.97 Å². The van der Waals surface area contributed by atoms with Crippen LogP contribution in [0.3, 0.4) is 0 Å². The van der Waals surface area contributed by atoms with Crippen molar-refractivity contribution in [3.63, 3.8) is 0 Å². The average Bonchev–Trinajstić information content (AvgIpc) is 2.53. The number of hydrogen-bond donors (Lipinski definition) is 1. The molecule has 5 heteroatoms. The highest BCUT2D eigenvalue weighted by Gasteiger charge is 2.18. The van der Waals surface area contributed by atoms with E-state index in [9.17, 15) is 5.11 Å². The summed E-state index contributed by atoms with van der Waals surface area (Å²) in [5.74, 6) is 0.326. The van der Waals surface area contributed by atoms with E-state index in [1.54, 1.807) is 0 Å². The average molecular weight is 281 g/mol. The smallest absolute Gasteiger partial charge is 0.238 e. The molecule has 0 aliphatic carbocycles. The molecule has 0 spiro atoms. The third-order valence-corrected chi connectivity index (χ3v) is 3.31. The lowest BCUT2D eigenvalue weighted by Crippen LogP contribution is -2.06. The fraction of sp³-hybridized carbons (Fsp3) is 0.188. The molecule has 1 atom stereocenters. The molecule has 0 aliphatic rings. The predicted octanol–water partition coefficient (Wildman–Crippen LogP) is 2.42. The Bertz CT molecular complexity index is 789. The Labute approximate surface area is 122 Å². The molecule has 0 bridgehead atoms. The highest BCUT2D eigenvalue weighted by atomic mass is 16.5. The Morgan fingerprint density at radius 2 is 1.90 bits per heavy atom. The molecule has 0 fully saturated rings. The van der Waals surface area contributed by atoms with Gasteiger partial charge in [-0.05, 0) is 30.7 Å². The first-order valence-electron chi connectivity index (χ1n) is 6.59. The lowest BCUT2D eigenvalue weighted by atomic mass is 10.0. The van der Waals surface area contributed by atoms with E-state index >= 15 is 0 Å². The van der Waals surface area contributed by atoms with Crippen LogP contribution in [0.1, 0.15) is 23.1 Å². The van der Waals surface area contributed by atoms with Gasteiger partial charge >= 0.3 is 0 Å². The maximum absolute atomic E-state index is 10.5. The van der Waals surface area contributed by atoms with Crippen molar-refractivity contribution in [2.24, 2.45) is 0 Å². The van der Waals surface area contributed by atoms with Crippen molar-refractivity contribution in [3.8, 4) is 5.88 Å². The number of benzene rings is 1. The molecule has 0 saturated heterocycles. The van der Waals surface area contributed by atoms with Crippen LogP contribution in [0, 0.1) is 6.92 Å². The second-order valence-corrected chi connectivity index (χ2v) is 4.76. The van der Waals surface area contributed by atoms with Crippen LogP contribution in [0.25, 0.3) is 10.9 Å². The molecule has 3 aromatic rings. The van der Waals surface area contributed by atoms with E-state index in [0.29, 0.717) is 11.6 Å². The number of methoxy groups -OCH3 is 1. The molecule has 106 valence electrons. The molecule has 2 heterocycles. The zero-order chi connectivity index (χ0) is 14.8. The number of fused-ring (bicyclic) bond motifs is 1. The summed E-state index contributed by atoms with van der Waals surface area (Å²) in [7, 11) is 1.51. The molecular formula is C16H15N3O2. The van der Waals surface area contributed by atoms with Crippen molar-refractivity contribution in [2.45, 2.75) is 13.0 Å². The summed E-state index contributed by atoms with van der Waals surface area (Å²) in [5, 5.41) is 11.5. The maximum atomic E-state index is 10.5. The highest BCUT2D eigenvalue weighted by Crippen LogP contribution is 2.28. The SMILES string of the molecule is COc1nccnc1C(O)c1ccc2nc(C)ccc2c1. The van der Waals surface area contributed by atoms with Gasteiger partial charge in [0.2, 0.25) is 5.88 Å². The van der Waals surface area contributed by atoms with Crippen LogP contribution in [0.15, 0.2) is 42.7 Å². The van der Waals surface area contributed by atoms with Gasteiger partial charge in [0.15, 0.2) is 0 Å². The van der Waals surface area contributed by atoms with E-state index < -0.39 is 6.10 Å². The summed E-state index contributed by atoms with van der Waals surface area (Å²) in [6.07, 6.45) is 2.18. The van der Waals surface area contributed by atoms with Crippen LogP contribution in [0.5, 0.6) is 5.88 Å². The second kappa shape index (κ2) is 5.46. The van der Waals surface area contributed by atoms with E-state index in [2.05, 4.69) is 15.0 Å². The molecule has 0 aliphatic heterocycles. The van der Waals surface area contributed by atoms with Crippen LogP contribution < -0.4 is 4.74 Å². The fourth-order valence-corrected chi connectivity index (χ4v) is 2.25. The molecule has 0 radical (unpaired) electrons. The summed E-state index contributed by atoms with van der Waals surface area (Å²) in [5.41, 5.74) is 3.00. The van der Waals surface area contributed by atoms with Crippen molar-refractivity contribution in [3.05, 3.63) is 59.7 Å². The summed E-state index contributed by atoms with van der Waals surface area (Å²) in [6, 6.07) is 9.57. The monoisotopic (exact) mass is 281 g/mol. The van der Waals surface area contributed by atoms with Crippen molar-refractivity contribution in [1.82, 2.24) is 15.0 Å². The van der Waals surface area contributed by atoms with Crippen molar-refractivity contribution in [2.75, 3.05) is 7.11 Å². The van der Waals surface area contributed by atoms with E-state index in [1.807, 2.05) is 37.3 Å². The Hall–Kier alpha value is -2.53. The summed E-state index contributed by atoms with van der Waals surface area (Å²) >= 11 is 0. The van der Waals surface area contributed by atoms with Gasteiger partial charge in [0, 0.05) is 23.5 Å². The minimum atomic E-state index is -0.889. The van der Waals surface area contributed by atoms with E-state index in [-0.39, 0.29) is 0 Å². The van der Waals surface area contributed by atoms with Gasteiger partial charge in [0.1, 0.15) is 11.8 Å². The van der Waals surface area contributed by atoms with Gasteiger partial charge in [0.05, 0.1) is 12.6 Å². The van der Waals surface area contributed by atoms with Crippen LogP contribution in [-0.2, 0) is 0 Å². The minimum absolute atomic E-state index is 0.326. The Kier molecular flexibility index (Phi) is 3.50. The third kappa shape index (κ3) is 2.55. The van der Waals surface area contributed by atoms with Crippen molar-refractivity contribution in [1.29, 1.82) is 0 Å². The number of aryl methyl sites for hydroxylation is 1. The number of aliphatic hydroxyl groups excluding tert-OH is 1. The number of aliphatic hydroxyl groups is 1. The maximum Gasteiger partial charge on any atom is 0.238 e. The zero-order valence-corrected chi connectivity index (χ0v) is 11.8. The lowest BCUT2D eigenvalue weighted by Gasteiger charge is -2.13. The number of ether oxygens (including phenoxy) is 1. The molecule has 5 nitrogen and oxygen atoms in total. The first-order chi connectivity index (χ1) is 10.2. The van der Waals surface area contributed by atoms with Crippen molar-refractivity contribution < 1.29 is 9.84 Å². The lowest BCUT2D eigenvalue weighted by molar-refractivity contribution is 0.208. The third-order valence-electron chi connectivity index (χ3n) is 3.31. The van der Waals surface area contributed by atoms with Gasteiger partial charge < -0.3 is 9.84 Å². The number of aromatic nitrogens is 3. The Morgan fingerprint density at radius 3 is 2.71 bits per heavy atom. The molecule has 0 saturated carbocycles. The summed E-state index contributed by atoms with van der Waals surface area (Å²) in [6.45, 7) is 1.95. The largest absolute Gasteiger partial charge is 0.480 e. The number of pyridine rings is 1. The molecule has 1 N–H and O–H groups in total. The fourth-order valence-electron chi connectivity index (χ4n) is 2.25. The Balaban J connectivity index is 2.05. The summed E-state index contributed by atoms with van der Waals surface area (Å²) < 4.78 is 5.15. The topological polar surface area (TPSA) is 68.1 Å². The van der Waals surface area contributed by atoms with Crippen LogP contribution in [0.2, 0.25) is 0 Å². The zero-order valence-electron chi connectivity index (χ0n) is 11.8. The number of hydrogen-bond acceptors (Lipinski definition) is 5. The second-order valence-electron chi connectivity index (χ2n) is 4.76. The van der Waals surface area contributed by atoms with Crippen LogP contribution in [-0.4, -0.2) is 27.2 Å². The van der Waals surface area contributed by atoms with E-state index in [4.69, 9.17) is 4.74 Å². The molecule has 1 unspecified atom stereocenters. The first kappa shape index (κ1) is 13.5. The quantitative estimate of drug-likeness (QED) is 0.798. The molecule has 1 aromatic carbocycles. The standard InChI is InChI=1S/C16H15N3O2/c1-10-3-4-11-9-12(5-6-13(11)19-10)15(20)14-16(21-2)18-8-7-17-14/h3-9,15,20H,1-2H3. The molecule has 21 heavy (non-hydrogen) atoms. The van der Waals surface area contributed by atoms with Gasteiger partial charge in [0.25, 0.3) is 0 Å². The molecular weight excluding hydrogens is 266 g/mol. The molecule has 0 amide bonds. The van der Waals surface area contributed by atoms with Crippen LogP contribution in [0.4, 0.5) is 0 Å². The van der Waals surface area contributed by atoms with Gasteiger partial charge in [-0.1, -0.05) is 12.1 Å². The van der Waals surface area contributed by atoms with E-state index in [0.717, 1.165) is 22.2 Å². The van der Waals surface area contributed by atoms with Gasteiger partial charge in [-0.25, -0.2) is 4.98 Å². The normalized spacial score (nSPS) is 12.3. The Morgan fingerprint density at radius 1 is 1.10 bits per heavy atom. The first-order valence-corrected chi connectivity index (χ1v) is 6.59. The number of rotatable bonds is 3. The van der Waals surface area contributed by atoms with Gasteiger partial charge in [-0.15, -0.1) is 0 Å². The number of nitrogens with zero attached hydrogens (tertiary/aromatic N) is 3. The minimum Gasteiger partial charge on any atom is -0.480 e.